The van der Waals surface area contributed by atoms with Crippen LogP contribution >= 0.6 is 11.3 Å². The maximum absolute atomic E-state index is 4.58. The number of nitrogens with one attached hydrogen (secondary N) is 1. The topological polar surface area (TPSA) is 28.2 Å². The Hall–Kier alpha value is -0.450. The summed E-state index contributed by atoms with van der Waals surface area (Å²) in [5.41, 5.74) is 0.400. The molecule has 0 bridgehead atoms. The van der Waals surface area contributed by atoms with E-state index < -0.39 is 0 Å². The second-order valence-corrected chi connectivity index (χ2v) is 7.49. The molecule has 1 saturated carbocycles. The van der Waals surface area contributed by atoms with Crippen molar-refractivity contribution in [2.75, 3.05) is 19.6 Å². The second kappa shape index (κ2) is 5.51. The molecule has 3 nitrogen and oxygen atoms in total. The molecule has 1 saturated heterocycles. The highest BCUT2D eigenvalue weighted by molar-refractivity contribution is 7.11. The molecule has 1 unspecified atom stereocenters. The molecule has 2 heterocycles. The first-order valence-electron chi connectivity index (χ1n) is 7.60. The standard InChI is InChI=1S/C15H25N3S/c1-12-10-16-14(19-12)13(2)18-9-8-17-15(11-18)6-4-3-5-7-15/h10,13,17H,3-9,11H2,1-2H3. The Labute approximate surface area is 120 Å². The highest BCUT2D eigenvalue weighted by atomic mass is 32.1. The van der Waals surface area contributed by atoms with Gasteiger partial charge < -0.3 is 5.32 Å². The lowest BCUT2D eigenvalue weighted by Gasteiger charge is -2.47. The lowest BCUT2D eigenvalue weighted by atomic mass is 9.80. The van der Waals surface area contributed by atoms with Gasteiger partial charge in [-0.2, -0.15) is 0 Å². The fourth-order valence-electron chi connectivity index (χ4n) is 3.60. The van der Waals surface area contributed by atoms with Gasteiger partial charge in [0.15, 0.2) is 0 Å². The molecule has 106 valence electrons. The van der Waals surface area contributed by atoms with E-state index >= 15 is 0 Å². The maximum Gasteiger partial charge on any atom is 0.110 e. The van der Waals surface area contributed by atoms with Crippen molar-refractivity contribution in [3.05, 3.63) is 16.1 Å². The monoisotopic (exact) mass is 279 g/mol. The Bertz CT molecular complexity index is 417. The van der Waals surface area contributed by atoms with Gasteiger partial charge in [0.2, 0.25) is 0 Å². The van der Waals surface area contributed by atoms with Gasteiger partial charge in [-0.3, -0.25) is 4.90 Å². The molecule has 0 radical (unpaired) electrons. The normalized spacial score (nSPS) is 25.6. The highest BCUT2D eigenvalue weighted by Gasteiger charge is 2.37. The fraction of sp³-hybridized carbons (Fsp3) is 0.800. The van der Waals surface area contributed by atoms with Gasteiger partial charge >= 0.3 is 0 Å². The van der Waals surface area contributed by atoms with Crippen LogP contribution in [0.25, 0.3) is 0 Å². The lowest BCUT2D eigenvalue weighted by molar-refractivity contribution is 0.0729. The predicted octanol–water partition coefficient (Wildman–Crippen LogP) is 3.12. The van der Waals surface area contributed by atoms with Gasteiger partial charge in [0.05, 0.1) is 6.04 Å². The molecule has 1 N–H and O–H groups in total. The van der Waals surface area contributed by atoms with Gasteiger partial charge in [0, 0.05) is 36.2 Å². The molecule has 2 fully saturated rings. The van der Waals surface area contributed by atoms with Gasteiger partial charge in [-0.1, -0.05) is 19.3 Å². The molecule has 1 aromatic heterocycles. The van der Waals surface area contributed by atoms with E-state index in [2.05, 4.69) is 29.0 Å². The second-order valence-electron chi connectivity index (χ2n) is 6.22. The van der Waals surface area contributed by atoms with Crippen LogP contribution in [0.15, 0.2) is 6.20 Å². The fourth-order valence-corrected chi connectivity index (χ4v) is 4.46. The van der Waals surface area contributed by atoms with Crippen molar-refractivity contribution < 1.29 is 0 Å². The molecule has 19 heavy (non-hydrogen) atoms. The first-order chi connectivity index (χ1) is 9.19. The van der Waals surface area contributed by atoms with Crippen LogP contribution in [0, 0.1) is 6.92 Å². The van der Waals surface area contributed by atoms with Crippen LogP contribution in [0.4, 0.5) is 0 Å². The van der Waals surface area contributed by atoms with E-state index in [9.17, 15) is 0 Å². The molecule has 1 aliphatic carbocycles. The number of nitrogens with zero attached hydrogens (tertiary/aromatic N) is 2. The average Bonchev–Trinajstić information content (AvgIpc) is 2.85. The molecule has 1 aromatic rings. The van der Waals surface area contributed by atoms with E-state index in [-0.39, 0.29) is 0 Å². The minimum absolute atomic E-state index is 0.400. The molecule has 1 atom stereocenters. The van der Waals surface area contributed by atoms with E-state index in [0.717, 1.165) is 13.1 Å². The van der Waals surface area contributed by atoms with E-state index in [4.69, 9.17) is 0 Å². The van der Waals surface area contributed by atoms with Gasteiger partial charge in [0.25, 0.3) is 0 Å². The Morgan fingerprint density at radius 1 is 1.37 bits per heavy atom. The quantitative estimate of drug-likeness (QED) is 0.901. The molecule has 2 aliphatic rings. The van der Waals surface area contributed by atoms with Gasteiger partial charge in [0.1, 0.15) is 5.01 Å². The summed E-state index contributed by atoms with van der Waals surface area (Å²) >= 11 is 1.85. The number of aryl methyl sites for hydroxylation is 1. The Kier molecular flexibility index (Phi) is 3.92. The molecule has 4 heteroatoms. The van der Waals surface area contributed by atoms with Crippen LogP contribution in [0.5, 0.6) is 0 Å². The van der Waals surface area contributed by atoms with Crippen LogP contribution < -0.4 is 5.32 Å². The van der Waals surface area contributed by atoms with Crippen molar-refractivity contribution >= 4 is 11.3 Å². The molecule has 0 aromatic carbocycles. The Morgan fingerprint density at radius 2 is 2.16 bits per heavy atom. The number of hydrogen-bond donors (Lipinski definition) is 1. The summed E-state index contributed by atoms with van der Waals surface area (Å²) in [6.45, 7) is 7.96. The van der Waals surface area contributed by atoms with Crippen LogP contribution in [0.2, 0.25) is 0 Å². The van der Waals surface area contributed by atoms with Crippen LogP contribution in [-0.4, -0.2) is 35.1 Å². The van der Waals surface area contributed by atoms with Crippen molar-refractivity contribution in [1.29, 1.82) is 0 Å². The smallest absolute Gasteiger partial charge is 0.110 e. The number of piperazine rings is 1. The summed E-state index contributed by atoms with van der Waals surface area (Å²) in [5.74, 6) is 0. The zero-order valence-corrected chi connectivity index (χ0v) is 12.9. The predicted molar refractivity (Wildman–Crippen MR) is 80.7 cm³/mol. The highest BCUT2D eigenvalue weighted by Crippen LogP contribution is 2.34. The third-order valence-electron chi connectivity index (χ3n) is 4.76. The summed E-state index contributed by atoms with van der Waals surface area (Å²) in [6.07, 6.45) is 8.93. The van der Waals surface area contributed by atoms with E-state index in [0.29, 0.717) is 11.6 Å². The third kappa shape index (κ3) is 2.86. The van der Waals surface area contributed by atoms with Gasteiger partial charge in [-0.25, -0.2) is 4.98 Å². The molecule has 1 aliphatic heterocycles. The Morgan fingerprint density at radius 3 is 2.84 bits per heavy atom. The maximum atomic E-state index is 4.58. The summed E-state index contributed by atoms with van der Waals surface area (Å²) < 4.78 is 0. The Balaban J connectivity index is 1.70. The van der Waals surface area contributed by atoms with Crippen molar-refractivity contribution in [2.24, 2.45) is 0 Å². The molecule has 1 spiro atoms. The molecular formula is C15H25N3S. The minimum Gasteiger partial charge on any atom is -0.309 e. The average molecular weight is 279 g/mol. The number of thiazole rings is 1. The van der Waals surface area contributed by atoms with Gasteiger partial charge in [-0.15, -0.1) is 11.3 Å². The van der Waals surface area contributed by atoms with Crippen molar-refractivity contribution in [3.63, 3.8) is 0 Å². The largest absolute Gasteiger partial charge is 0.309 e. The van der Waals surface area contributed by atoms with Crippen molar-refractivity contribution in [3.8, 4) is 0 Å². The van der Waals surface area contributed by atoms with Crippen molar-refractivity contribution in [1.82, 2.24) is 15.2 Å². The van der Waals surface area contributed by atoms with Crippen LogP contribution in [0.1, 0.15) is 55.0 Å². The number of hydrogen-bond acceptors (Lipinski definition) is 4. The summed E-state index contributed by atoms with van der Waals surface area (Å²) in [4.78, 5) is 8.54. The lowest BCUT2D eigenvalue weighted by Crippen LogP contribution is -2.61. The number of aromatic nitrogens is 1. The third-order valence-corrected chi connectivity index (χ3v) is 5.84. The summed E-state index contributed by atoms with van der Waals surface area (Å²) in [5, 5.41) is 5.10. The molecule has 0 amide bonds. The summed E-state index contributed by atoms with van der Waals surface area (Å²) in [6, 6.07) is 0.472. The first-order valence-corrected chi connectivity index (χ1v) is 8.42. The van der Waals surface area contributed by atoms with Crippen molar-refractivity contribution in [2.45, 2.75) is 57.5 Å². The SMILES string of the molecule is Cc1cnc(C(C)N2CCNC3(CCCCC3)C2)s1. The zero-order valence-electron chi connectivity index (χ0n) is 12.1. The van der Waals surface area contributed by atoms with Gasteiger partial charge in [-0.05, 0) is 26.7 Å². The zero-order chi connectivity index (χ0) is 13.3. The minimum atomic E-state index is 0.400. The molecule has 3 rings (SSSR count). The van der Waals surface area contributed by atoms with Crippen LogP contribution in [0.3, 0.4) is 0 Å². The van der Waals surface area contributed by atoms with E-state index in [1.54, 1.807) is 0 Å². The summed E-state index contributed by atoms with van der Waals surface area (Å²) in [7, 11) is 0. The number of rotatable bonds is 2. The van der Waals surface area contributed by atoms with E-state index in [1.165, 1.54) is 48.5 Å². The first kappa shape index (κ1) is 13.5. The van der Waals surface area contributed by atoms with Crippen LogP contribution in [-0.2, 0) is 0 Å². The molecular weight excluding hydrogens is 254 g/mol. The van der Waals surface area contributed by atoms with E-state index in [1.807, 2.05) is 17.5 Å².